The van der Waals surface area contributed by atoms with E-state index in [1.807, 2.05) is 24.3 Å². The van der Waals surface area contributed by atoms with Gasteiger partial charge in [0.15, 0.2) is 0 Å². The molecule has 3 rings (SSSR count). The molecule has 3 aromatic rings. The van der Waals surface area contributed by atoms with E-state index < -0.39 is 0 Å². The number of benzene rings is 1. The lowest BCUT2D eigenvalue weighted by Crippen LogP contribution is -2.22. The lowest BCUT2D eigenvalue weighted by atomic mass is 10.1. The van der Waals surface area contributed by atoms with Gasteiger partial charge >= 0.3 is 0 Å². The molecule has 2 heterocycles. The SMILES string of the molecule is Cn1c(CCCc2cccc(O)c2)nc(-c2ccncc2)cc1=O. The zero-order valence-corrected chi connectivity index (χ0v) is 13.5. The van der Waals surface area contributed by atoms with Gasteiger partial charge < -0.3 is 5.11 Å². The van der Waals surface area contributed by atoms with Gasteiger partial charge in [0.05, 0.1) is 5.69 Å². The molecule has 0 saturated heterocycles. The molecule has 0 bridgehead atoms. The summed E-state index contributed by atoms with van der Waals surface area (Å²) in [6.45, 7) is 0. The fourth-order valence-corrected chi connectivity index (χ4v) is 2.64. The van der Waals surface area contributed by atoms with Crippen LogP contribution in [-0.2, 0) is 19.9 Å². The highest BCUT2D eigenvalue weighted by atomic mass is 16.3. The molecule has 0 saturated carbocycles. The van der Waals surface area contributed by atoms with Crippen molar-refractivity contribution in [1.29, 1.82) is 0 Å². The molecular weight excluding hydrogens is 302 g/mol. The van der Waals surface area contributed by atoms with Crippen molar-refractivity contribution in [2.24, 2.45) is 7.05 Å². The average molecular weight is 321 g/mol. The van der Waals surface area contributed by atoms with Gasteiger partial charge in [-0.25, -0.2) is 4.98 Å². The number of phenols is 1. The van der Waals surface area contributed by atoms with Crippen molar-refractivity contribution in [1.82, 2.24) is 14.5 Å². The molecule has 2 aromatic heterocycles. The Bertz CT molecular complexity index is 889. The zero-order valence-electron chi connectivity index (χ0n) is 13.5. The first-order valence-electron chi connectivity index (χ1n) is 7.89. The largest absolute Gasteiger partial charge is 0.508 e. The van der Waals surface area contributed by atoms with Crippen molar-refractivity contribution in [2.75, 3.05) is 0 Å². The number of aromatic nitrogens is 3. The van der Waals surface area contributed by atoms with Crippen LogP contribution in [0.15, 0.2) is 59.7 Å². The number of phenolic OH excluding ortho intramolecular Hbond substituents is 1. The predicted molar refractivity (Wildman–Crippen MR) is 92.8 cm³/mol. The maximum Gasteiger partial charge on any atom is 0.253 e. The number of aromatic hydroxyl groups is 1. The van der Waals surface area contributed by atoms with Gasteiger partial charge in [-0.3, -0.25) is 14.3 Å². The smallest absolute Gasteiger partial charge is 0.253 e. The second-order valence-electron chi connectivity index (χ2n) is 5.71. The van der Waals surface area contributed by atoms with E-state index in [1.165, 1.54) is 0 Å². The Morgan fingerprint density at radius 1 is 1.08 bits per heavy atom. The highest BCUT2D eigenvalue weighted by molar-refractivity contribution is 5.57. The van der Waals surface area contributed by atoms with Crippen LogP contribution >= 0.6 is 0 Å². The Labute approximate surface area is 140 Å². The zero-order chi connectivity index (χ0) is 16.9. The van der Waals surface area contributed by atoms with Crippen LogP contribution in [0.2, 0.25) is 0 Å². The molecule has 122 valence electrons. The molecule has 5 nitrogen and oxygen atoms in total. The van der Waals surface area contributed by atoms with E-state index in [4.69, 9.17) is 0 Å². The third-order valence-electron chi connectivity index (χ3n) is 3.98. The molecule has 0 aliphatic rings. The maximum absolute atomic E-state index is 12.2. The van der Waals surface area contributed by atoms with Crippen LogP contribution in [0.5, 0.6) is 5.75 Å². The first kappa shape index (κ1) is 15.9. The number of hydrogen-bond acceptors (Lipinski definition) is 4. The van der Waals surface area contributed by atoms with Crippen LogP contribution < -0.4 is 5.56 Å². The molecule has 24 heavy (non-hydrogen) atoms. The average Bonchev–Trinajstić information content (AvgIpc) is 2.59. The minimum Gasteiger partial charge on any atom is -0.508 e. The van der Waals surface area contributed by atoms with Gasteiger partial charge in [0.25, 0.3) is 5.56 Å². The van der Waals surface area contributed by atoms with E-state index in [0.717, 1.165) is 29.8 Å². The lowest BCUT2D eigenvalue weighted by Gasteiger charge is -2.10. The first-order chi connectivity index (χ1) is 11.6. The van der Waals surface area contributed by atoms with Crippen molar-refractivity contribution < 1.29 is 5.11 Å². The highest BCUT2D eigenvalue weighted by Crippen LogP contribution is 2.16. The summed E-state index contributed by atoms with van der Waals surface area (Å²) in [6, 6.07) is 12.5. The van der Waals surface area contributed by atoms with Crippen molar-refractivity contribution in [2.45, 2.75) is 19.3 Å². The quantitative estimate of drug-likeness (QED) is 0.784. The Morgan fingerprint density at radius 3 is 2.62 bits per heavy atom. The van der Waals surface area contributed by atoms with Crippen LogP contribution in [0.1, 0.15) is 17.8 Å². The van der Waals surface area contributed by atoms with Crippen molar-refractivity contribution in [3.8, 4) is 17.0 Å². The molecule has 0 unspecified atom stereocenters. The Morgan fingerprint density at radius 2 is 1.88 bits per heavy atom. The number of nitrogens with zero attached hydrogens (tertiary/aromatic N) is 3. The molecule has 0 aliphatic carbocycles. The molecule has 0 spiro atoms. The van der Waals surface area contributed by atoms with Crippen molar-refractivity contribution in [3.63, 3.8) is 0 Å². The molecule has 1 aromatic carbocycles. The summed E-state index contributed by atoms with van der Waals surface area (Å²) < 4.78 is 1.59. The topological polar surface area (TPSA) is 68.0 Å². The van der Waals surface area contributed by atoms with E-state index in [9.17, 15) is 9.90 Å². The van der Waals surface area contributed by atoms with Crippen LogP contribution in [0, 0.1) is 0 Å². The number of aryl methyl sites for hydroxylation is 2. The minimum atomic E-state index is -0.0656. The van der Waals surface area contributed by atoms with Gasteiger partial charge in [-0.1, -0.05) is 12.1 Å². The van der Waals surface area contributed by atoms with Crippen molar-refractivity contribution in [3.05, 3.63) is 76.6 Å². The molecule has 5 heteroatoms. The maximum atomic E-state index is 12.2. The second-order valence-corrected chi connectivity index (χ2v) is 5.71. The summed E-state index contributed by atoms with van der Waals surface area (Å²) in [5.41, 5.74) is 2.57. The van der Waals surface area contributed by atoms with Crippen molar-refractivity contribution >= 4 is 0 Å². The van der Waals surface area contributed by atoms with E-state index in [2.05, 4.69) is 9.97 Å². The summed E-state index contributed by atoms with van der Waals surface area (Å²) in [5, 5.41) is 9.51. The summed E-state index contributed by atoms with van der Waals surface area (Å²) in [5.74, 6) is 1.03. The van der Waals surface area contributed by atoms with Crippen LogP contribution in [-0.4, -0.2) is 19.6 Å². The molecule has 0 radical (unpaired) electrons. The number of rotatable bonds is 5. The molecule has 1 N–H and O–H groups in total. The summed E-state index contributed by atoms with van der Waals surface area (Å²) in [6.07, 6.45) is 5.75. The Kier molecular flexibility index (Phi) is 4.70. The second kappa shape index (κ2) is 7.08. The van der Waals surface area contributed by atoms with Gasteiger partial charge in [0, 0.05) is 37.5 Å². The number of pyridine rings is 1. The molecule has 0 amide bonds. The van der Waals surface area contributed by atoms with E-state index in [-0.39, 0.29) is 11.3 Å². The third kappa shape index (κ3) is 3.68. The standard InChI is InChI=1S/C19H19N3O2/c1-22-18(7-3-5-14-4-2-6-16(23)12-14)21-17(13-19(22)24)15-8-10-20-11-9-15/h2,4,6,8-13,23H,3,5,7H2,1H3. The minimum absolute atomic E-state index is 0.0656. The van der Waals surface area contributed by atoms with Gasteiger partial charge in [0.2, 0.25) is 0 Å². The Hall–Kier alpha value is -2.95. The summed E-state index contributed by atoms with van der Waals surface area (Å²) >= 11 is 0. The summed E-state index contributed by atoms with van der Waals surface area (Å²) in [4.78, 5) is 20.8. The van der Waals surface area contributed by atoms with Gasteiger partial charge in [-0.15, -0.1) is 0 Å². The normalized spacial score (nSPS) is 10.7. The van der Waals surface area contributed by atoms with Crippen LogP contribution in [0.3, 0.4) is 0 Å². The third-order valence-corrected chi connectivity index (χ3v) is 3.98. The molecule has 0 aliphatic heterocycles. The van der Waals surface area contributed by atoms with E-state index >= 15 is 0 Å². The van der Waals surface area contributed by atoms with Crippen LogP contribution in [0.4, 0.5) is 0 Å². The van der Waals surface area contributed by atoms with Gasteiger partial charge in [-0.2, -0.15) is 0 Å². The summed E-state index contributed by atoms with van der Waals surface area (Å²) in [7, 11) is 1.75. The van der Waals surface area contributed by atoms with E-state index in [1.54, 1.807) is 42.2 Å². The predicted octanol–water partition coefficient (Wildman–Crippen LogP) is 2.72. The van der Waals surface area contributed by atoms with E-state index in [0.29, 0.717) is 12.1 Å². The van der Waals surface area contributed by atoms with Gasteiger partial charge in [-0.05, 0) is 42.7 Å². The van der Waals surface area contributed by atoms with Crippen LogP contribution in [0.25, 0.3) is 11.3 Å². The molecule has 0 fully saturated rings. The first-order valence-corrected chi connectivity index (χ1v) is 7.89. The molecular formula is C19H19N3O2. The Balaban J connectivity index is 1.78. The number of hydrogen-bond donors (Lipinski definition) is 1. The molecule has 0 atom stereocenters. The van der Waals surface area contributed by atoms with Gasteiger partial charge in [0.1, 0.15) is 11.6 Å². The monoisotopic (exact) mass is 321 g/mol. The lowest BCUT2D eigenvalue weighted by molar-refractivity contribution is 0.474. The fraction of sp³-hybridized carbons (Fsp3) is 0.211. The fourth-order valence-electron chi connectivity index (χ4n) is 2.64. The highest BCUT2D eigenvalue weighted by Gasteiger charge is 2.08.